The number of halogens is 2. The van der Waals surface area contributed by atoms with Crippen LogP contribution in [0.4, 0.5) is 8.78 Å². The van der Waals surface area contributed by atoms with Gasteiger partial charge >= 0.3 is 0 Å². The van der Waals surface area contributed by atoms with E-state index in [1.807, 2.05) is 19.0 Å². The van der Waals surface area contributed by atoms with Crippen LogP contribution < -0.4 is 5.32 Å². The summed E-state index contributed by atoms with van der Waals surface area (Å²) in [4.78, 5) is 1.99. The minimum absolute atomic E-state index is 0.0413. The Morgan fingerprint density at radius 2 is 2.11 bits per heavy atom. The van der Waals surface area contributed by atoms with Crippen molar-refractivity contribution in [3.63, 3.8) is 0 Å². The monoisotopic (exact) mass is 256 g/mol. The molecule has 0 aromatic heterocycles. The van der Waals surface area contributed by atoms with Gasteiger partial charge in [0.1, 0.15) is 0 Å². The maximum atomic E-state index is 13.3. The van der Waals surface area contributed by atoms with E-state index < -0.39 is 11.6 Å². The van der Waals surface area contributed by atoms with Crippen LogP contribution in [0.25, 0.3) is 0 Å². The summed E-state index contributed by atoms with van der Waals surface area (Å²) in [5.41, 5.74) is 0.752. The number of nitrogens with zero attached hydrogens (tertiary/aromatic N) is 1. The van der Waals surface area contributed by atoms with Gasteiger partial charge in [0.2, 0.25) is 0 Å². The third-order valence-electron chi connectivity index (χ3n) is 3.17. The molecule has 1 fully saturated rings. The largest absolute Gasteiger partial charge is 0.378 e. The Hall–Kier alpha value is -1.04. The van der Waals surface area contributed by atoms with Gasteiger partial charge in [-0.2, -0.15) is 0 Å². The Bertz CT molecular complexity index is 406. The summed E-state index contributed by atoms with van der Waals surface area (Å²) in [6.45, 7) is 2.04. The molecule has 0 saturated carbocycles. The van der Waals surface area contributed by atoms with Gasteiger partial charge in [-0.1, -0.05) is 6.07 Å². The van der Waals surface area contributed by atoms with Crippen molar-refractivity contribution < 1.29 is 13.5 Å². The topological polar surface area (TPSA) is 24.5 Å². The van der Waals surface area contributed by atoms with Crippen molar-refractivity contribution in [3.05, 3.63) is 35.4 Å². The lowest BCUT2D eigenvalue weighted by Crippen LogP contribution is -2.48. The van der Waals surface area contributed by atoms with Crippen molar-refractivity contribution >= 4 is 0 Å². The molecular formula is C13H18F2N2O. The van der Waals surface area contributed by atoms with Crippen LogP contribution in [0, 0.1) is 11.6 Å². The first kappa shape index (κ1) is 13.4. The second-order valence-corrected chi connectivity index (χ2v) is 4.72. The van der Waals surface area contributed by atoms with Crippen molar-refractivity contribution in [2.24, 2.45) is 0 Å². The van der Waals surface area contributed by atoms with E-state index in [-0.39, 0.29) is 12.1 Å². The molecule has 1 saturated heterocycles. The Kier molecular flexibility index (Phi) is 4.27. The number of ether oxygens (including phenoxy) is 1. The molecule has 1 aromatic rings. The predicted octanol–water partition coefficient (Wildman–Crippen LogP) is 1.56. The standard InChI is InChI=1S/C13H18F2N2O/c1-17(2)13(12-8-18-6-5-16-12)9-3-4-10(14)11(15)7-9/h3-4,7,12-13,16H,5-6,8H2,1-2H3. The van der Waals surface area contributed by atoms with Crippen LogP contribution in [0.2, 0.25) is 0 Å². The second-order valence-electron chi connectivity index (χ2n) is 4.72. The van der Waals surface area contributed by atoms with E-state index in [0.717, 1.165) is 12.1 Å². The highest BCUT2D eigenvalue weighted by molar-refractivity contribution is 5.23. The Morgan fingerprint density at radius 3 is 2.67 bits per heavy atom. The Labute approximate surface area is 106 Å². The van der Waals surface area contributed by atoms with E-state index in [1.54, 1.807) is 6.07 Å². The SMILES string of the molecule is CN(C)C(c1ccc(F)c(F)c1)C1COCCN1. The normalized spacial score (nSPS) is 22.2. The van der Waals surface area contributed by atoms with E-state index in [2.05, 4.69) is 5.32 Å². The van der Waals surface area contributed by atoms with Crippen LogP contribution >= 0.6 is 0 Å². The van der Waals surface area contributed by atoms with E-state index in [4.69, 9.17) is 4.74 Å². The molecule has 2 rings (SSSR count). The minimum Gasteiger partial charge on any atom is -0.378 e. The molecule has 0 aliphatic carbocycles. The zero-order valence-electron chi connectivity index (χ0n) is 10.6. The molecule has 2 atom stereocenters. The van der Waals surface area contributed by atoms with Crippen LogP contribution in [0.3, 0.4) is 0 Å². The van der Waals surface area contributed by atoms with Gasteiger partial charge in [-0.15, -0.1) is 0 Å². The van der Waals surface area contributed by atoms with Gasteiger partial charge in [0, 0.05) is 6.54 Å². The van der Waals surface area contributed by atoms with E-state index in [1.165, 1.54) is 12.1 Å². The number of hydrogen-bond acceptors (Lipinski definition) is 3. The lowest BCUT2D eigenvalue weighted by atomic mass is 9.98. The van der Waals surface area contributed by atoms with Crippen molar-refractivity contribution in [3.8, 4) is 0 Å². The summed E-state index contributed by atoms with van der Waals surface area (Å²) in [6.07, 6.45) is 0. The fraction of sp³-hybridized carbons (Fsp3) is 0.538. The van der Waals surface area contributed by atoms with Gasteiger partial charge in [0.25, 0.3) is 0 Å². The Morgan fingerprint density at radius 1 is 1.33 bits per heavy atom. The first-order valence-electron chi connectivity index (χ1n) is 6.02. The molecule has 100 valence electrons. The van der Waals surface area contributed by atoms with Crippen LogP contribution in [-0.2, 0) is 4.74 Å². The van der Waals surface area contributed by atoms with Crippen LogP contribution in [0.15, 0.2) is 18.2 Å². The van der Waals surface area contributed by atoms with Crippen LogP contribution in [-0.4, -0.2) is 44.8 Å². The van der Waals surface area contributed by atoms with E-state index >= 15 is 0 Å². The molecule has 1 aromatic carbocycles. The molecule has 1 aliphatic heterocycles. The molecule has 0 radical (unpaired) electrons. The smallest absolute Gasteiger partial charge is 0.159 e. The molecular weight excluding hydrogens is 238 g/mol. The van der Waals surface area contributed by atoms with Gasteiger partial charge in [0.05, 0.1) is 25.3 Å². The Balaban J connectivity index is 2.25. The highest BCUT2D eigenvalue weighted by Gasteiger charge is 2.27. The molecule has 3 nitrogen and oxygen atoms in total. The number of benzene rings is 1. The molecule has 5 heteroatoms. The average molecular weight is 256 g/mol. The fourth-order valence-corrected chi connectivity index (χ4v) is 2.38. The molecule has 18 heavy (non-hydrogen) atoms. The zero-order valence-corrected chi connectivity index (χ0v) is 10.6. The highest BCUT2D eigenvalue weighted by atomic mass is 19.2. The summed E-state index contributed by atoms with van der Waals surface area (Å²) in [6, 6.07) is 4.10. The molecule has 0 bridgehead atoms. The first-order chi connectivity index (χ1) is 8.59. The molecule has 0 spiro atoms. The summed E-state index contributed by atoms with van der Waals surface area (Å²) in [5.74, 6) is -1.62. The van der Waals surface area contributed by atoms with Crippen molar-refractivity contribution in [2.75, 3.05) is 33.9 Å². The molecule has 2 unspecified atom stereocenters. The summed E-state index contributed by atoms with van der Waals surface area (Å²) in [7, 11) is 3.84. The molecule has 1 aliphatic rings. The number of rotatable bonds is 3. The summed E-state index contributed by atoms with van der Waals surface area (Å²) >= 11 is 0. The second kappa shape index (κ2) is 5.73. The third-order valence-corrected chi connectivity index (χ3v) is 3.17. The maximum Gasteiger partial charge on any atom is 0.159 e. The van der Waals surface area contributed by atoms with Crippen LogP contribution in [0.5, 0.6) is 0 Å². The summed E-state index contributed by atoms with van der Waals surface area (Å²) < 4.78 is 31.7. The van der Waals surface area contributed by atoms with E-state index in [0.29, 0.717) is 13.2 Å². The first-order valence-corrected chi connectivity index (χ1v) is 6.02. The highest BCUT2D eigenvalue weighted by Crippen LogP contribution is 2.25. The third kappa shape index (κ3) is 2.85. The van der Waals surface area contributed by atoms with Gasteiger partial charge in [-0.05, 0) is 31.8 Å². The number of morpholine rings is 1. The lowest BCUT2D eigenvalue weighted by molar-refractivity contribution is 0.0458. The zero-order chi connectivity index (χ0) is 13.1. The summed E-state index contributed by atoms with van der Waals surface area (Å²) in [5, 5.41) is 3.35. The van der Waals surface area contributed by atoms with Gasteiger partial charge < -0.3 is 15.0 Å². The maximum absolute atomic E-state index is 13.3. The van der Waals surface area contributed by atoms with E-state index in [9.17, 15) is 8.78 Å². The van der Waals surface area contributed by atoms with Crippen LogP contribution in [0.1, 0.15) is 11.6 Å². The van der Waals surface area contributed by atoms with Crippen molar-refractivity contribution in [1.29, 1.82) is 0 Å². The average Bonchev–Trinajstić information content (AvgIpc) is 2.35. The van der Waals surface area contributed by atoms with Gasteiger partial charge in [0.15, 0.2) is 11.6 Å². The lowest BCUT2D eigenvalue weighted by Gasteiger charge is -2.35. The number of nitrogens with one attached hydrogen (secondary N) is 1. The van der Waals surface area contributed by atoms with Crippen molar-refractivity contribution in [1.82, 2.24) is 10.2 Å². The van der Waals surface area contributed by atoms with Gasteiger partial charge in [-0.25, -0.2) is 8.78 Å². The quantitative estimate of drug-likeness (QED) is 0.888. The fourth-order valence-electron chi connectivity index (χ4n) is 2.38. The van der Waals surface area contributed by atoms with Gasteiger partial charge in [-0.3, -0.25) is 0 Å². The molecule has 1 heterocycles. The minimum atomic E-state index is -0.816. The molecule has 0 amide bonds. The number of likely N-dealkylation sites (N-methyl/N-ethyl adjacent to an activating group) is 1. The number of hydrogen-bond donors (Lipinski definition) is 1. The molecule has 1 N–H and O–H groups in total. The predicted molar refractivity (Wildman–Crippen MR) is 65.4 cm³/mol. The van der Waals surface area contributed by atoms with Crippen molar-refractivity contribution in [2.45, 2.75) is 12.1 Å².